The van der Waals surface area contributed by atoms with Crippen LogP contribution in [0.5, 0.6) is 17.2 Å². The zero-order valence-corrected chi connectivity index (χ0v) is 12.2. The molecule has 0 bridgehead atoms. The molecular weight excluding hydrogens is 232 g/mol. The molecule has 0 fully saturated rings. The predicted molar refractivity (Wildman–Crippen MR) is 70.4 cm³/mol. The number of fused-ring (bicyclic) bond motifs is 1. The van der Waals surface area contributed by atoms with Crippen molar-refractivity contribution in [3.63, 3.8) is 0 Å². The van der Waals surface area contributed by atoms with E-state index in [1.54, 1.807) is 0 Å². The first-order chi connectivity index (χ1) is 7.79. The highest BCUT2D eigenvalue weighted by Crippen LogP contribution is 2.40. The molecule has 2 rings (SSSR count). The minimum Gasteiger partial charge on any atom is -0.543 e. The Morgan fingerprint density at radius 3 is 2.41 bits per heavy atom. The van der Waals surface area contributed by atoms with Crippen LogP contribution in [0.2, 0.25) is 18.1 Å². The molecule has 0 atom stereocenters. The molecule has 0 spiro atoms. The third-order valence-electron chi connectivity index (χ3n) is 3.52. The molecule has 0 aliphatic carbocycles. The molecule has 1 aliphatic rings. The number of rotatable bonds is 2. The Labute approximate surface area is 104 Å². The van der Waals surface area contributed by atoms with Crippen LogP contribution in [0.25, 0.3) is 0 Å². The van der Waals surface area contributed by atoms with Gasteiger partial charge < -0.3 is 13.9 Å². The summed E-state index contributed by atoms with van der Waals surface area (Å²) in [4.78, 5) is 0. The van der Waals surface area contributed by atoms with Crippen molar-refractivity contribution < 1.29 is 13.9 Å². The lowest BCUT2D eigenvalue weighted by molar-refractivity contribution is 0.174. The maximum absolute atomic E-state index is 6.19. The molecule has 1 aliphatic heterocycles. The zero-order valence-electron chi connectivity index (χ0n) is 11.2. The average molecular weight is 252 g/mol. The van der Waals surface area contributed by atoms with Crippen molar-refractivity contribution in [1.82, 2.24) is 0 Å². The molecular formula is C13H20O3Si. The van der Waals surface area contributed by atoms with Crippen molar-refractivity contribution in [2.45, 2.75) is 38.9 Å². The fourth-order valence-electron chi connectivity index (χ4n) is 1.39. The molecule has 94 valence electrons. The number of ether oxygens (including phenoxy) is 2. The molecule has 0 radical (unpaired) electrons. The Balaban J connectivity index is 2.20. The van der Waals surface area contributed by atoms with Crippen LogP contribution in [0.3, 0.4) is 0 Å². The third-order valence-corrected chi connectivity index (χ3v) is 7.88. The topological polar surface area (TPSA) is 27.7 Å². The minimum absolute atomic E-state index is 0.198. The van der Waals surface area contributed by atoms with E-state index in [2.05, 4.69) is 33.9 Å². The van der Waals surface area contributed by atoms with Gasteiger partial charge in [-0.3, -0.25) is 0 Å². The van der Waals surface area contributed by atoms with E-state index in [9.17, 15) is 0 Å². The van der Waals surface area contributed by atoms with Crippen molar-refractivity contribution in [2.24, 2.45) is 0 Å². The van der Waals surface area contributed by atoms with Gasteiger partial charge in [-0.15, -0.1) is 0 Å². The maximum atomic E-state index is 6.19. The summed E-state index contributed by atoms with van der Waals surface area (Å²) in [6.07, 6.45) is 0. The first kappa shape index (κ1) is 12.3. The summed E-state index contributed by atoms with van der Waals surface area (Å²) in [6, 6.07) is 5.78. The van der Waals surface area contributed by atoms with Crippen molar-refractivity contribution in [3.05, 3.63) is 18.2 Å². The van der Waals surface area contributed by atoms with E-state index in [1.165, 1.54) is 0 Å². The lowest BCUT2D eigenvalue weighted by Gasteiger charge is -2.36. The van der Waals surface area contributed by atoms with E-state index in [-0.39, 0.29) is 5.04 Å². The standard InChI is InChI=1S/C13H20O3Si/c1-13(2,3)17(4,5)16-10-6-7-11-12(8-10)15-9-14-11/h6-8H,9H2,1-5H3. The van der Waals surface area contributed by atoms with Crippen LogP contribution in [0.15, 0.2) is 18.2 Å². The van der Waals surface area contributed by atoms with Gasteiger partial charge in [0.2, 0.25) is 15.1 Å². The van der Waals surface area contributed by atoms with Crippen molar-refractivity contribution in [2.75, 3.05) is 6.79 Å². The van der Waals surface area contributed by atoms with Crippen molar-refractivity contribution >= 4 is 8.32 Å². The second kappa shape index (κ2) is 3.94. The molecule has 0 unspecified atom stereocenters. The van der Waals surface area contributed by atoms with E-state index in [1.807, 2.05) is 18.2 Å². The molecule has 1 aromatic carbocycles. The highest BCUT2D eigenvalue weighted by molar-refractivity contribution is 6.74. The van der Waals surface area contributed by atoms with E-state index in [4.69, 9.17) is 13.9 Å². The van der Waals surface area contributed by atoms with Gasteiger partial charge in [-0.2, -0.15) is 0 Å². The molecule has 0 N–H and O–H groups in total. The van der Waals surface area contributed by atoms with Crippen LogP contribution in [-0.2, 0) is 0 Å². The highest BCUT2D eigenvalue weighted by Gasteiger charge is 2.39. The predicted octanol–water partition coefficient (Wildman–Crippen LogP) is 3.80. The van der Waals surface area contributed by atoms with E-state index < -0.39 is 8.32 Å². The summed E-state index contributed by atoms with van der Waals surface area (Å²) >= 11 is 0. The van der Waals surface area contributed by atoms with Gasteiger partial charge in [-0.05, 0) is 30.3 Å². The van der Waals surface area contributed by atoms with Crippen LogP contribution < -0.4 is 13.9 Å². The van der Waals surface area contributed by atoms with Gasteiger partial charge in [0, 0.05) is 6.07 Å². The average Bonchev–Trinajstić information content (AvgIpc) is 2.62. The van der Waals surface area contributed by atoms with Gasteiger partial charge in [0.1, 0.15) is 5.75 Å². The quantitative estimate of drug-likeness (QED) is 0.749. The fourth-order valence-corrected chi connectivity index (χ4v) is 2.41. The van der Waals surface area contributed by atoms with E-state index in [0.717, 1.165) is 17.2 Å². The molecule has 0 saturated heterocycles. The SMILES string of the molecule is CC(C)(C)[Si](C)(C)Oc1ccc2c(c1)OCO2. The molecule has 17 heavy (non-hydrogen) atoms. The fraction of sp³-hybridized carbons (Fsp3) is 0.538. The third kappa shape index (κ3) is 2.41. The summed E-state index contributed by atoms with van der Waals surface area (Å²) in [6.45, 7) is 11.5. The summed E-state index contributed by atoms with van der Waals surface area (Å²) in [5.41, 5.74) is 0. The molecule has 0 aromatic heterocycles. The molecule has 1 aromatic rings. The second-order valence-electron chi connectivity index (χ2n) is 5.88. The lowest BCUT2D eigenvalue weighted by Crippen LogP contribution is -2.43. The molecule has 0 amide bonds. The van der Waals surface area contributed by atoms with Gasteiger partial charge in [0.25, 0.3) is 0 Å². The minimum atomic E-state index is -1.77. The van der Waals surface area contributed by atoms with Gasteiger partial charge in [0.15, 0.2) is 11.5 Å². The molecule has 4 heteroatoms. The largest absolute Gasteiger partial charge is 0.543 e. The normalized spacial score (nSPS) is 14.9. The van der Waals surface area contributed by atoms with Crippen LogP contribution in [0.4, 0.5) is 0 Å². The smallest absolute Gasteiger partial charge is 0.250 e. The second-order valence-corrected chi connectivity index (χ2v) is 10.6. The van der Waals surface area contributed by atoms with Crippen LogP contribution in [-0.4, -0.2) is 15.1 Å². The first-order valence-corrected chi connectivity index (χ1v) is 8.79. The Hall–Kier alpha value is -1.16. The molecule has 1 heterocycles. The van der Waals surface area contributed by atoms with Gasteiger partial charge in [-0.1, -0.05) is 20.8 Å². The number of hydrogen-bond donors (Lipinski definition) is 0. The Bertz CT molecular complexity index is 421. The van der Waals surface area contributed by atoms with Crippen molar-refractivity contribution in [1.29, 1.82) is 0 Å². The van der Waals surface area contributed by atoms with Gasteiger partial charge >= 0.3 is 0 Å². The van der Waals surface area contributed by atoms with Crippen LogP contribution >= 0.6 is 0 Å². The van der Waals surface area contributed by atoms with Crippen LogP contribution in [0, 0.1) is 0 Å². The number of benzene rings is 1. The van der Waals surface area contributed by atoms with E-state index >= 15 is 0 Å². The summed E-state index contributed by atoms with van der Waals surface area (Å²) in [5.74, 6) is 2.45. The summed E-state index contributed by atoms with van der Waals surface area (Å²) in [5, 5.41) is 0.198. The van der Waals surface area contributed by atoms with Crippen LogP contribution in [0.1, 0.15) is 20.8 Å². The summed E-state index contributed by atoms with van der Waals surface area (Å²) < 4.78 is 16.8. The maximum Gasteiger partial charge on any atom is 0.250 e. The Morgan fingerprint density at radius 1 is 1.12 bits per heavy atom. The first-order valence-electron chi connectivity index (χ1n) is 5.88. The Kier molecular flexibility index (Phi) is 2.85. The van der Waals surface area contributed by atoms with Crippen molar-refractivity contribution in [3.8, 4) is 17.2 Å². The molecule has 0 saturated carbocycles. The van der Waals surface area contributed by atoms with E-state index in [0.29, 0.717) is 6.79 Å². The lowest BCUT2D eigenvalue weighted by atomic mass is 10.2. The van der Waals surface area contributed by atoms with Gasteiger partial charge in [-0.25, -0.2) is 0 Å². The molecule has 3 nitrogen and oxygen atoms in total. The monoisotopic (exact) mass is 252 g/mol. The summed E-state index contributed by atoms with van der Waals surface area (Å²) in [7, 11) is -1.77. The highest BCUT2D eigenvalue weighted by atomic mass is 28.4. The number of hydrogen-bond acceptors (Lipinski definition) is 3. The van der Waals surface area contributed by atoms with Gasteiger partial charge in [0.05, 0.1) is 0 Å². The Morgan fingerprint density at radius 2 is 1.76 bits per heavy atom. The zero-order chi connectivity index (χ0) is 12.7.